The quantitative estimate of drug-likeness (QED) is 0.116. The summed E-state index contributed by atoms with van der Waals surface area (Å²) in [6.45, 7) is 9.01. The van der Waals surface area contributed by atoms with E-state index in [-0.39, 0.29) is 0 Å². The van der Waals surface area contributed by atoms with E-state index in [2.05, 4.69) is 32.9 Å². The van der Waals surface area contributed by atoms with E-state index in [9.17, 15) is 0 Å². The number of hydrogen-bond acceptors (Lipinski definition) is 4. The van der Waals surface area contributed by atoms with Gasteiger partial charge in [0.25, 0.3) is 0 Å². The zero-order chi connectivity index (χ0) is 18.3. The first-order valence-electron chi connectivity index (χ1n) is 9.91. The summed E-state index contributed by atoms with van der Waals surface area (Å²) >= 11 is -1.11. The molecule has 24 heavy (non-hydrogen) atoms. The van der Waals surface area contributed by atoms with Crippen molar-refractivity contribution in [2.45, 2.75) is 96.8 Å². The monoisotopic (exact) mass is 573 g/mol. The molecule has 0 aliphatic heterocycles. The first-order valence-corrected chi connectivity index (χ1v) is 23.2. The second kappa shape index (κ2) is 15.4. The number of isothiocyanates is 1. The van der Waals surface area contributed by atoms with Crippen molar-refractivity contribution >= 4 is 55.6 Å². The third kappa shape index (κ3) is 9.86. The van der Waals surface area contributed by atoms with Crippen molar-refractivity contribution in [3.63, 3.8) is 0 Å². The van der Waals surface area contributed by atoms with Gasteiger partial charge in [-0.3, -0.25) is 0 Å². The van der Waals surface area contributed by atoms with E-state index < -0.39 is 38.3 Å². The van der Waals surface area contributed by atoms with Crippen LogP contribution in [0.15, 0.2) is 3.21 Å². The molecule has 0 radical (unpaired) electrons. The van der Waals surface area contributed by atoms with Crippen molar-refractivity contribution in [1.82, 2.24) is 0 Å². The molecular formula is C18H39NO2SSn2. The molecule has 0 amide bonds. The van der Waals surface area contributed by atoms with Crippen molar-refractivity contribution in [2.75, 3.05) is 7.11 Å². The Labute approximate surface area is 166 Å². The van der Waals surface area contributed by atoms with Crippen LogP contribution in [-0.2, 0) is 4.49 Å². The molecular weight excluding hydrogens is 532 g/mol. The molecule has 0 saturated carbocycles. The Morgan fingerprint density at radius 3 is 1.54 bits per heavy atom. The van der Waals surface area contributed by atoms with Crippen LogP contribution in [-0.4, -0.2) is 50.5 Å². The fourth-order valence-corrected chi connectivity index (χ4v) is 45.2. The van der Waals surface area contributed by atoms with E-state index >= 15 is 0 Å². The fraction of sp³-hybridized carbons (Fsp3) is 0.944. The van der Waals surface area contributed by atoms with E-state index in [4.69, 9.17) is 19.9 Å². The molecule has 0 bridgehead atoms. The van der Waals surface area contributed by atoms with Gasteiger partial charge >= 0.3 is 167 Å². The van der Waals surface area contributed by atoms with Crippen LogP contribution in [0, 0.1) is 0 Å². The molecule has 0 aliphatic carbocycles. The van der Waals surface area contributed by atoms with E-state index in [1.807, 2.05) is 7.11 Å². The summed E-state index contributed by atoms with van der Waals surface area (Å²) in [5, 5.41) is 2.74. The SMILES string of the molecule is CCC[CH2][Sn]([CH2]CCC)([N]=C=S)[O][Sn]([CH2]CCC)([CH2]CCC)[O]C. The molecule has 142 valence electrons. The molecule has 0 saturated heterocycles. The normalized spacial score (nSPS) is 12.2. The van der Waals surface area contributed by atoms with Crippen LogP contribution in [0.1, 0.15) is 79.1 Å². The molecule has 0 fully saturated rings. The zero-order valence-corrected chi connectivity index (χ0v) is 23.2. The summed E-state index contributed by atoms with van der Waals surface area (Å²) in [6, 6.07) is 0. The molecule has 3 nitrogen and oxygen atoms in total. The third-order valence-corrected chi connectivity index (χ3v) is 38.2. The Bertz CT molecular complexity index is 347. The van der Waals surface area contributed by atoms with Gasteiger partial charge in [-0.1, -0.05) is 0 Å². The van der Waals surface area contributed by atoms with Gasteiger partial charge in [0.1, 0.15) is 0 Å². The molecule has 0 aliphatic rings. The van der Waals surface area contributed by atoms with Gasteiger partial charge in [0, 0.05) is 0 Å². The molecule has 0 atom stereocenters. The molecule has 0 aromatic rings. The Kier molecular flexibility index (Phi) is 16.2. The molecule has 0 N–H and O–H groups in total. The predicted molar refractivity (Wildman–Crippen MR) is 113 cm³/mol. The van der Waals surface area contributed by atoms with Crippen LogP contribution in [0.2, 0.25) is 17.7 Å². The van der Waals surface area contributed by atoms with Gasteiger partial charge in [-0.2, -0.15) is 0 Å². The first-order chi connectivity index (χ1) is 11.6. The summed E-state index contributed by atoms with van der Waals surface area (Å²) < 4.78 is 22.8. The number of hydrogen-bond donors (Lipinski definition) is 0. The molecule has 6 heteroatoms. The van der Waals surface area contributed by atoms with Crippen LogP contribution >= 0.6 is 12.2 Å². The van der Waals surface area contributed by atoms with Gasteiger partial charge in [-0.15, -0.1) is 0 Å². The molecule has 0 spiro atoms. The first kappa shape index (κ1) is 25.3. The van der Waals surface area contributed by atoms with Crippen molar-refractivity contribution < 1.29 is 4.49 Å². The van der Waals surface area contributed by atoms with Crippen LogP contribution in [0.4, 0.5) is 0 Å². The third-order valence-electron chi connectivity index (χ3n) is 4.66. The predicted octanol–water partition coefficient (Wildman–Crippen LogP) is 6.84. The molecule has 0 rings (SSSR count). The van der Waals surface area contributed by atoms with E-state index in [1.54, 1.807) is 0 Å². The number of thiocarbonyl (C=S) groups is 1. The van der Waals surface area contributed by atoms with Crippen LogP contribution in [0.3, 0.4) is 0 Å². The number of rotatable bonds is 16. The maximum atomic E-state index is 7.13. The summed E-state index contributed by atoms with van der Waals surface area (Å²) in [7, 11) is 1.90. The summed E-state index contributed by atoms with van der Waals surface area (Å²) in [5.74, 6) is 0. The summed E-state index contributed by atoms with van der Waals surface area (Å²) in [4.78, 5) is 0. The fourth-order valence-electron chi connectivity index (χ4n) is 3.06. The van der Waals surface area contributed by atoms with Crippen LogP contribution < -0.4 is 0 Å². The van der Waals surface area contributed by atoms with Crippen LogP contribution in [0.5, 0.6) is 0 Å². The van der Waals surface area contributed by atoms with Gasteiger partial charge < -0.3 is 0 Å². The van der Waals surface area contributed by atoms with Crippen molar-refractivity contribution in [2.24, 2.45) is 3.21 Å². The molecule has 0 aromatic heterocycles. The maximum absolute atomic E-state index is 7.13. The zero-order valence-electron chi connectivity index (χ0n) is 16.7. The molecule has 0 aromatic carbocycles. The minimum absolute atomic E-state index is 1.15. The van der Waals surface area contributed by atoms with E-state index in [0.717, 1.165) is 8.87 Å². The van der Waals surface area contributed by atoms with E-state index in [0.29, 0.717) is 0 Å². The second-order valence-electron chi connectivity index (χ2n) is 6.78. The molecule has 0 unspecified atom stereocenters. The van der Waals surface area contributed by atoms with Crippen LogP contribution in [0.25, 0.3) is 0 Å². The average Bonchev–Trinajstić information content (AvgIpc) is 2.61. The Hall–Kier alpha value is 1.32. The molecule has 0 heterocycles. The Morgan fingerprint density at radius 1 is 0.792 bits per heavy atom. The van der Waals surface area contributed by atoms with Gasteiger partial charge in [0.15, 0.2) is 0 Å². The Balaban J connectivity index is 5.51. The van der Waals surface area contributed by atoms with Crippen molar-refractivity contribution in [3.05, 3.63) is 0 Å². The second-order valence-corrected chi connectivity index (χ2v) is 29.6. The van der Waals surface area contributed by atoms with Gasteiger partial charge in [-0.05, 0) is 0 Å². The average molecular weight is 571 g/mol. The number of unbranched alkanes of at least 4 members (excludes halogenated alkanes) is 4. The summed E-state index contributed by atoms with van der Waals surface area (Å²) in [5.41, 5.74) is 0. The van der Waals surface area contributed by atoms with Crippen molar-refractivity contribution in [1.29, 1.82) is 0 Å². The number of nitrogens with zero attached hydrogens (tertiary/aromatic N) is 1. The minimum atomic E-state index is -3.10. The van der Waals surface area contributed by atoms with Gasteiger partial charge in [0.05, 0.1) is 0 Å². The Morgan fingerprint density at radius 2 is 1.21 bits per heavy atom. The van der Waals surface area contributed by atoms with Gasteiger partial charge in [-0.25, -0.2) is 0 Å². The van der Waals surface area contributed by atoms with Crippen molar-refractivity contribution in [3.8, 4) is 0 Å². The summed E-state index contributed by atoms with van der Waals surface area (Å²) in [6.07, 6.45) is 9.65. The standard InChI is InChI=1S/4C4H9.CNS.CH3O.O.2Sn/c4*1-3-4-2;2-1-3;1-2;;;/h4*1,3-4H2,2H3;;1H3;;;/q;;;;2*-1;;2*+1. The van der Waals surface area contributed by atoms with Gasteiger partial charge in [0.2, 0.25) is 0 Å². The topological polar surface area (TPSA) is 30.8 Å². The van der Waals surface area contributed by atoms with E-state index in [1.165, 1.54) is 60.2 Å².